The average molecular weight is 206 g/mol. The van der Waals surface area contributed by atoms with Crippen LogP contribution in [0.15, 0.2) is 28.9 Å². The van der Waals surface area contributed by atoms with Crippen LogP contribution >= 0.6 is 0 Å². The number of carboxylic acids is 1. The first-order valence-electron chi connectivity index (χ1n) is 5.12. The number of carboxylic acid groups (broad SMARTS) is 1. The Hall–Kier alpha value is -1.58. The number of hydrogen-bond acceptors (Lipinski definition) is 3. The van der Waals surface area contributed by atoms with Crippen molar-refractivity contribution in [2.24, 2.45) is 10.9 Å². The second-order valence-electron chi connectivity index (χ2n) is 3.80. The van der Waals surface area contributed by atoms with E-state index in [1.54, 1.807) is 6.21 Å². The van der Waals surface area contributed by atoms with Crippen LogP contribution in [0.25, 0.3) is 0 Å². The van der Waals surface area contributed by atoms with Crippen molar-refractivity contribution >= 4 is 12.2 Å². The van der Waals surface area contributed by atoms with Crippen LogP contribution in [0.2, 0.25) is 0 Å². The van der Waals surface area contributed by atoms with Crippen molar-refractivity contribution in [3.63, 3.8) is 0 Å². The van der Waals surface area contributed by atoms with Crippen LogP contribution in [0.3, 0.4) is 0 Å². The monoisotopic (exact) mass is 206 g/mol. The third kappa shape index (κ3) is 2.26. The molecule has 2 rings (SSSR count). The van der Waals surface area contributed by atoms with Crippen LogP contribution in [0.5, 0.6) is 0 Å². The van der Waals surface area contributed by atoms with Crippen molar-refractivity contribution in [2.45, 2.75) is 18.9 Å². The fraction of sp³-hybridized carbons (Fsp3) is 0.455. The number of dihydropyridines is 1. The van der Waals surface area contributed by atoms with Gasteiger partial charge in [0.1, 0.15) is 0 Å². The second-order valence-corrected chi connectivity index (χ2v) is 3.80. The van der Waals surface area contributed by atoms with Gasteiger partial charge in [-0.15, -0.1) is 0 Å². The molecule has 0 saturated heterocycles. The van der Waals surface area contributed by atoms with E-state index >= 15 is 0 Å². The maximum Gasteiger partial charge on any atom is 0.306 e. The molecular weight excluding hydrogens is 192 g/mol. The molecule has 2 atom stereocenters. The van der Waals surface area contributed by atoms with Gasteiger partial charge < -0.3 is 10.4 Å². The zero-order valence-electron chi connectivity index (χ0n) is 8.39. The van der Waals surface area contributed by atoms with Gasteiger partial charge in [0.05, 0.1) is 12.0 Å². The number of hydrogen-bond donors (Lipinski definition) is 2. The lowest BCUT2D eigenvalue weighted by atomic mass is 9.90. The molecule has 0 bridgehead atoms. The Kier molecular flexibility index (Phi) is 2.85. The Morgan fingerprint density at radius 2 is 2.47 bits per heavy atom. The van der Waals surface area contributed by atoms with Crippen LogP contribution in [0.1, 0.15) is 12.8 Å². The smallest absolute Gasteiger partial charge is 0.306 e. The lowest BCUT2D eigenvalue weighted by molar-refractivity contribution is -0.141. The quantitative estimate of drug-likeness (QED) is 0.707. The summed E-state index contributed by atoms with van der Waals surface area (Å²) >= 11 is 0. The first-order valence-corrected chi connectivity index (χ1v) is 5.12. The van der Waals surface area contributed by atoms with Gasteiger partial charge in [0, 0.05) is 12.8 Å². The largest absolute Gasteiger partial charge is 0.481 e. The van der Waals surface area contributed by atoms with E-state index < -0.39 is 5.97 Å². The average Bonchev–Trinajstić information content (AvgIpc) is 2.30. The minimum absolute atomic E-state index is 0.0261. The van der Waals surface area contributed by atoms with Crippen molar-refractivity contribution in [3.8, 4) is 0 Å². The second kappa shape index (κ2) is 4.29. The Bertz CT molecular complexity index is 344. The minimum atomic E-state index is -0.718. The zero-order chi connectivity index (χ0) is 10.7. The molecule has 0 aromatic rings. The number of carbonyl (C=O) groups is 1. The van der Waals surface area contributed by atoms with E-state index in [4.69, 9.17) is 5.11 Å². The molecular formula is C11H14N2O2. The fourth-order valence-electron chi connectivity index (χ4n) is 1.88. The van der Waals surface area contributed by atoms with Crippen molar-refractivity contribution < 1.29 is 9.90 Å². The van der Waals surface area contributed by atoms with Gasteiger partial charge in [-0.1, -0.05) is 6.08 Å². The van der Waals surface area contributed by atoms with E-state index in [0.717, 1.165) is 12.1 Å². The third-order valence-electron chi connectivity index (χ3n) is 2.77. The summed E-state index contributed by atoms with van der Waals surface area (Å²) in [4.78, 5) is 15.2. The van der Waals surface area contributed by atoms with Crippen molar-refractivity contribution in [1.29, 1.82) is 0 Å². The maximum absolute atomic E-state index is 10.9. The van der Waals surface area contributed by atoms with E-state index in [9.17, 15) is 4.79 Å². The first-order chi connectivity index (χ1) is 7.27. The van der Waals surface area contributed by atoms with E-state index in [2.05, 4.69) is 16.4 Å². The Morgan fingerprint density at radius 3 is 3.13 bits per heavy atom. The normalized spacial score (nSPS) is 29.5. The first kappa shape index (κ1) is 9.96. The lowest BCUT2D eigenvalue weighted by Crippen LogP contribution is -2.26. The molecule has 2 heterocycles. The van der Waals surface area contributed by atoms with Gasteiger partial charge in [0.15, 0.2) is 0 Å². The molecule has 0 spiro atoms. The van der Waals surface area contributed by atoms with Crippen LogP contribution in [-0.2, 0) is 4.79 Å². The highest BCUT2D eigenvalue weighted by molar-refractivity contribution is 5.76. The molecule has 0 radical (unpaired) electrons. The Balaban J connectivity index is 2.07. The summed E-state index contributed by atoms with van der Waals surface area (Å²) < 4.78 is 0. The fourth-order valence-corrected chi connectivity index (χ4v) is 1.88. The molecule has 15 heavy (non-hydrogen) atoms. The van der Waals surface area contributed by atoms with Gasteiger partial charge in [-0.3, -0.25) is 9.79 Å². The van der Waals surface area contributed by atoms with E-state index in [1.807, 2.05) is 12.3 Å². The molecule has 2 aliphatic rings. The SMILES string of the molecule is O=C(O)C1CC=NC(C2=CCNC=C2)C1. The summed E-state index contributed by atoms with van der Waals surface area (Å²) in [5.41, 5.74) is 1.12. The van der Waals surface area contributed by atoms with Crippen LogP contribution in [-0.4, -0.2) is 29.9 Å². The predicted molar refractivity (Wildman–Crippen MR) is 57.9 cm³/mol. The highest BCUT2D eigenvalue weighted by Gasteiger charge is 2.26. The van der Waals surface area contributed by atoms with Crippen LogP contribution in [0.4, 0.5) is 0 Å². The number of rotatable bonds is 2. The summed E-state index contributed by atoms with van der Waals surface area (Å²) in [5, 5.41) is 12.0. The highest BCUT2D eigenvalue weighted by Crippen LogP contribution is 2.24. The Labute approximate surface area is 88.4 Å². The van der Waals surface area contributed by atoms with Gasteiger partial charge >= 0.3 is 5.97 Å². The Morgan fingerprint density at radius 1 is 1.60 bits per heavy atom. The van der Waals surface area contributed by atoms with Crippen molar-refractivity contribution in [2.75, 3.05) is 6.54 Å². The topological polar surface area (TPSA) is 61.7 Å². The van der Waals surface area contributed by atoms with Gasteiger partial charge in [-0.2, -0.15) is 0 Å². The molecule has 0 aromatic heterocycles. The predicted octanol–water partition coefficient (Wildman–Crippen LogP) is 0.964. The molecule has 2 N–H and O–H groups in total. The molecule has 0 fully saturated rings. The molecule has 4 heteroatoms. The number of nitrogens with one attached hydrogen (secondary N) is 1. The summed E-state index contributed by atoms with van der Waals surface area (Å²) in [5.74, 6) is -0.999. The highest BCUT2D eigenvalue weighted by atomic mass is 16.4. The molecule has 2 aliphatic heterocycles. The zero-order valence-corrected chi connectivity index (χ0v) is 8.39. The van der Waals surface area contributed by atoms with Crippen molar-refractivity contribution in [3.05, 3.63) is 23.9 Å². The summed E-state index contributed by atoms with van der Waals surface area (Å²) in [6, 6.07) is 0.0261. The molecule has 0 amide bonds. The van der Waals surface area contributed by atoms with Gasteiger partial charge in [0.25, 0.3) is 0 Å². The molecule has 2 unspecified atom stereocenters. The number of nitrogens with zero attached hydrogens (tertiary/aromatic N) is 1. The van der Waals surface area contributed by atoms with Crippen LogP contribution < -0.4 is 5.32 Å². The summed E-state index contributed by atoms with van der Waals surface area (Å²) in [6.45, 7) is 0.801. The molecule has 80 valence electrons. The van der Waals surface area contributed by atoms with E-state index in [1.165, 1.54) is 0 Å². The molecule has 0 saturated carbocycles. The molecule has 0 aromatic carbocycles. The van der Waals surface area contributed by atoms with E-state index in [-0.39, 0.29) is 12.0 Å². The molecule has 0 aliphatic carbocycles. The third-order valence-corrected chi connectivity index (χ3v) is 2.77. The summed E-state index contributed by atoms with van der Waals surface area (Å²) in [7, 11) is 0. The number of aliphatic imine (C=N–C) groups is 1. The van der Waals surface area contributed by atoms with Gasteiger partial charge in [-0.25, -0.2) is 0 Å². The lowest BCUT2D eigenvalue weighted by Gasteiger charge is -2.23. The molecule has 4 nitrogen and oxygen atoms in total. The minimum Gasteiger partial charge on any atom is -0.481 e. The van der Waals surface area contributed by atoms with E-state index in [0.29, 0.717) is 12.8 Å². The van der Waals surface area contributed by atoms with Crippen molar-refractivity contribution in [1.82, 2.24) is 5.32 Å². The standard InChI is InChI=1S/C11H14N2O2/c14-11(15)9-3-6-13-10(7-9)8-1-4-12-5-2-8/h1-2,4,6,9-10,12H,3,5,7H2,(H,14,15). The maximum atomic E-state index is 10.9. The van der Waals surface area contributed by atoms with Gasteiger partial charge in [0.2, 0.25) is 0 Å². The van der Waals surface area contributed by atoms with Gasteiger partial charge in [-0.05, 0) is 30.7 Å². The number of aliphatic carboxylic acids is 1. The van der Waals surface area contributed by atoms with Crippen LogP contribution in [0, 0.1) is 5.92 Å². The summed E-state index contributed by atoms with van der Waals surface area (Å²) in [6.07, 6.45) is 8.82.